The molecule has 0 spiro atoms. The van der Waals surface area contributed by atoms with Crippen molar-refractivity contribution in [2.45, 2.75) is 26.5 Å². The van der Waals surface area contributed by atoms with Gasteiger partial charge < -0.3 is 14.1 Å². The first kappa shape index (κ1) is 20.1. The van der Waals surface area contributed by atoms with Crippen molar-refractivity contribution in [3.63, 3.8) is 0 Å². The number of amides is 1. The Bertz CT molecular complexity index is 1390. The maximum absolute atomic E-state index is 13.4. The molecule has 0 saturated heterocycles. The van der Waals surface area contributed by atoms with E-state index in [0.717, 1.165) is 28.0 Å². The molecule has 5 heteroatoms. The molecule has 32 heavy (non-hydrogen) atoms. The molecule has 1 aliphatic heterocycles. The second-order valence-corrected chi connectivity index (χ2v) is 8.27. The molecule has 5 rings (SSSR count). The lowest BCUT2D eigenvalue weighted by Crippen LogP contribution is -2.25. The van der Waals surface area contributed by atoms with Crippen LogP contribution in [0.1, 0.15) is 44.4 Å². The molecule has 0 saturated carbocycles. The Balaban J connectivity index is 1.51. The molecule has 0 N–H and O–H groups in total. The van der Waals surface area contributed by atoms with E-state index in [0.29, 0.717) is 23.1 Å². The van der Waals surface area contributed by atoms with E-state index in [1.165, 1.54) is 0 Å². The Morgan fingerprint density at radius 3 is 2.34 bits per heavy atom. The van der Waals surface area contributed by atoms with Gasteiger partial charge >= 0.3 is 0 Å². The van der Waals surface area contributed by atoms with Crippen molar-refractivity contribution < 1.29 is 13.9 Å². The number of carbonyl (C=O) groups is 1. The molecule has 0 bridgehead atoms. The van der Waals surface area contributed by atoms with Gasteiger partial charge in [0.25, 0.3) is 5.91 Å². The number of aryl methyl sites for hydroxylation is 2. The topological polar surface area (TPSA) is 59.8 Å². The average molecular weight is 425 g/mol. The van der Waals surface area contributed by atoms with Gasteiger partial charge in [-0.15, -0.1) is 0 Å². The number of carbonyl (C=O) groups excluding carboxylic acids is 1. The maximum Gasteiger partial charge on any atom is 0.290 e. The summed E-state index contributed by atoms with van der Waals surface area (Å²) in [5.74, 6) is 0.565. The second kappa shape index (κ2) is 7.68. The van der Waals surface area contributed by atoms with E-state index in [2.05, 4.69) is 0 Å². The van der Waals surface area contributed by atoms with Gasteiger partial charge in [0.1, 0.15) is 17.9 Å². The molecular formula is C27H23NO4. The predicted molar refractivity (Wildman–Crippen MR) is 123 cm³/mol. The number of benzene rings is 3. The Hall–Kier alpha value is -3.86. The molecular weight excluding hydrogens is 402 g/mol. The van der Waals surface area contributed by atoms with Gasteiger partial charge in [-0.05, 0) is 60.4 Å². The quantitative estimate of drug-likeness (QED) is 0.453. The molecule has 3 aromatic carbocycles. The number of hydrogen-bond donors (Lipinski definition) is 0. The fourth-order valence-corrected chi connectivity index (χ4v) is 4.22. The predicted octanol–water partition coefficient (Wildman–Crippen LogP) is 5.16. The van der Waals surface area contributed by atoms with Crippen LogP contribution in [0.5, 0.6) is 5.75 Å². The number of hydrogen-bond acceptors (Lipinski definition) is 4. The minimum Gasteiger partial charge on any atom is -0.489 e. The van der Waals surface area contributed by atoms with Crippen molar-refractivity contribution >= 4 is 16.9 Å². The van der Waals surface area contributed by atoms with Gasteiger partial charge in [-0.3, -0.25) is 9.59 Å². The summed E-state index contributed by atoms with van der Waals surface area (Å²) in [7, 11) is 1.70. The normalized spacial score (nSPS) is 15.3. The van der Waals surface area contributed by atoms with Crippen molar-refractivity contribution in [1.82, 2.24) is 4.90 Å². The molecule has 1 amide bonds. The molecule has 1 aliphatic rings. The fraction of sp³-hybridized carbons (Fsp3) is 0.185. The molecule has 2 heterocycles. The number of rotatable bonds is 4. The van der Waals surface area contributed by atoms with Crippen LogP contribution >= 0.6 is 0 Å². The fourth-order valence-electron chi connectivity index (χ4n) is 4.22. The summed E-state index contributed by atoms with van der Waals surface area (Å²) in [6, 6.07) is 20.6. The molecule has 1 aromatic heterocycles. The first-order valence-corrected chi connectivity index (χ1v) is 10.6. The first-order chi connectivity index (χ1) is 15.4. The van der Waals surface area contributed by atoms with Crippen LogP contribution in [0.2, 0.25) is 0 Å². The molecule has 0 aliphatic carbocycles. The zero-order valence-corrected chi connectivity index (χ0v) is 18.2. The summed E-state index contributed by atoms with van der Waals surface area (Å²) < 4.78 is 11.8. The third-order valence-electron chi connectivity index (χ3n) is 6.16. The molecule has 1 unspecified atom stereocenters. The van der Waals surface area contributed by atoms with Crippen molar-refractivity contribution in [1.29, 1.82) is 0 Å². The van der Waals surface area contributed by atoms with Crippen LogP contribution in [-0.2, 0) is 6.61 Å². The first-order valence-electron chi connectivity index (χ1n) is 10.6. The van der Waals surface area contributed by atoms with E-state index in [4.69, 9.17) is 9.15 Å². The minimum atomic E-state index is -0.497. The van der Waals surface area contributed by atoms with Crippen LogP contribution in [0.4, 0.5) is 0 Å². The number of fused-ring (bicyclic) bond motifs is 2. The molecule has 5 nitrogen and oxygen atoms in total. The molecule has 0 fully saturated rings. The van der Waals surface area contributed by atoms with Gasteiger partial charge in [-0.25, -0.2) is 0 Å². The summed E-state index contributed by atoms with van der Waals surface area (Å²) >= 11 is 0. The summed E-state index contributed by atoms with van der Waals surface area (Å²) in [5, 5.41) is 0.503. The van der Waals surface area contributed by atoms with Crippen molar-refractivity contribution in [2.24, 2.45) is 0 Å². The van der Waals surface area contributed by atoms with Crippen LogP contribution in [0.25, 0.3) is 11.0 Å². The van der Waals surface area contributed by atoms with Crippen LogP contribution < -0.4 is 10.2 Å². The van der Waals surface area contributed by atoms with Crippen LogP contribution in [-0.4, -0.2) is 17.9 Å². The Morgan fingerprint density at radius 2 is 1.62 bits per heavy atom. The van der Waals surface area contributed by atoms with Gasteiger partial charge in [0.15, 0.2) is 5.43 Å². The Kier molecular flexibility index (Phi) is 4.82. The monoisotopic (exact) mass is 425 g/mol. The highest BCUT2D eigenvalue weighted by molar-refractivity contribution is 5.99. The van der Waals surface area contributed by atoms with Crippen LogP contribution in [0.15, 0.2) is 75.9 Å². The van der Waals surface area contributed by atoms with Crippen LogP contribution in [0.3, 0.4) is 0 Å². The number of ether oxygens (including phenoxy) is 1. The van der Waals surface area contributed by atoms with Gasteiger partial charge in [0.2, 0.25) is 5.76 Å². The van der Waals surface area contributed by atoms with Gasteiger partial charge in [-0.2, -0.15) is 0 Å². The molecule has 4 aromatic rings. The van der Waals surface area contributed by atoms with Gasteiger partial charge in [0.05, 0.1) is 17.0 Å². The highest BCUT2D eigenvalue weighted by Gasteiger charge is 2.40. The summed E-state index contributed by atoms with van der Waals surface area (Å²) in [6.07, 6.45) is 0. The third kappa shape index (κ3) is 3.26. The van der Waals surface area contributed by atoms with E-state index >= 15 is 0 Å². The average Bonchev–Trinajstić information content (AvgIpc) is 3.05. The Morgan fingerprint density at radius 1 is 0.938 bits per heavy atom. The number of nitrogens with zero attached hydrogens (tertiary/aromatic N) is 1. The largest absolute Gasteiger partial charge is 0.489 e. The second-order valence-electron chi connectivity index (χ2n) is 8.27. The Labute approximate surface area is 185 Å². The van der Waals surface area contributed by atoms with E-state index in [-0.39, 0.29) is 17.1 Å². The highest BCUT2D eigenvalue weighted by atomic mass is 16.5. The molecule has 160 valence electrons. The van der Waals surface area contributed by atoms with E-state index < -0.39 is 6.04 Å². The van der Waals surface area contributed by atoms with E-state index in [1.807, 2.05) is 80.6 Å². The summed E-state index contributed by atoms with van der Waals surface area (Å²) in [6.45, 7) is 4.39. The van der Waals surface area contributed by atoms with E-state index in [9.17, 15) is 9.59 Å². The lowest BCUT2D eigenvalue weighted by molar-refractivity contribution is 0.0771. The summed E-state index contributed by atoms with van der Waals surface area (Å²) in [5.41, 5.74) is 4.64. The van der Waals surface area contributed by atoms with E-state index in [1.54, 1.807) is 11.9 Å². The zero-order chi connectivity index (χ0) is 22.4. The minimum absolute atomic E-state index is 0.127. The third-order valence-corrected chi connectivity index (χ3v) is 6.16. The smallest absolute Gasteiger partial charge is 0.290 e. The highest BCUT2D eigenvalue weighted by Crippen LogP contribution is 2.37. The van der Waals surface area contributed by atoms with Gasteiger partial charge in [-0.1, -0.05) is 42.5 Å². The molecule has 1 atom stereocenters. The zero-order valence-electron chi connectivity index (χ0n) is 18.2. The summed E-state index contributed by atoms with van der Waals surface area (Å²) in [4.78, 5) is 27.9. The van der Waals surface area contributed by atoms with Gasteiger partial charge in [0, 0.05) is 7.05 Å². The standard InChI is InChI=1S/C27H23NO4/c1-16-13-21-22(14-17(16)2)32-26-23(25(21)29)24(28(3)27(26)30)19-9-11-20(12-10-19)31-15-18-7-5-4-6-8-18/h4-14,24H,15H2,1-3H3. The lowest BCUT2D eigenvalue weighted by atomic mass is 9.97. The van der Waals surface area contributed by atoms with Crippen molar-refractivity contribution in [3.8, 4) is 5.75 Å². The lowest BCUT2D eigenvalue weighted by Gasteiger charge is -2.20. The SMILES string of the molecule is Cc1cc2oc3c(c(=O)c2cc1C)C(c1ccc(OCc2ccccc2)cc1)N(C)C3=O. The van der Waals surface area contributed by atoms with Crippen LogP contribution in [0, 0.1) is 13.8 Å². The van der Waals surface area contributed by atoms with Crippen molar-refractivity contribution in [3.05, 3.63) is 111 Å². The molecule has 0 radical (unpaired) electrons. The van der Waals surface area contributed by atoms with Crippen molar-refractivity contribution in [2.75, 3.05) is 7.05 Å². The maximum atomic E-state index is 13.4.